The summed E-state index contributed by atoms with van der Waals surface area (Å²) < 4.78 is 6.10. The molecule has 1 atom stereocenters. The highest BCUT2D eigenvalue weighted by Gasteiger charge is 2.27. The first-order valence-corrected chi connectivity index (χ1v) is 11.0. The number of rotatable bonds is 7. The molecule has 0 spiro atoms. The van der Waals surface area contributed by atoms with E-state index in [0.717, 1.165) is 19.5 Å². The molecular weight excluding hydrogens is 360 g/mol. The van der Waals surface area contributed by atoms with E-state index in [1.54, 1.807) is 0 Å². The predicted octanol–water partition coefficient (Wildman–Crippen LogP) is 4.86. The van der Waals surface area contributed by atoms with E-state index in [1.807, 2.05) is 0 Å². The van der Waals surface area contributed by atoms with Gasteiger partial charge in [0.2, 0.25) is 0 Å². The Bertz CT molecular complexity index is 972. The van der Waals surface area contributed by atoms with Gasteiger partial charge in [0.1, 0.15) is 0 Å². The molecule has 2 N–H and O–H groups in total. The van der Waals surface area contributed by atoms with Gasteiger partial charge in [-0.1, -0.05) is 37.1 Å². The number of aromatic amines is 1. The summed E-state index contributed by atoms with van der Waals surface area (Å²) in [5.74, 6) is 0. The molecule has 3 aromatic rings. The third-order valence-corrected chi connectivity index (χ3v) is 6.57. The van der Waals surface area contributed by atoms with Crippen LogP contribution in [0, 0.1) is 0 Å². The first kappa shape index (κ1) is 18.9. The third-order valence-electron chi connectivity index (χ3n) is 6.57. The number of nitrogens with zero attached hydrogens (tertiary/aromatic N) is 1. The second-order valence-corrected chi connectivity index (χ2v) is 8.61. The van der Waals surface area contributed by atoms with Crippen molar-refractivity contribution in [1.82, 2.24) is 9.88 Å². The Kier molecular flexibility index (Phi) is 5.40. The molecule has 1 aromatic heterocycles. The van der Waals surface area contributed by atoms with Crippen molar-refractivity contribution >= 4 is 10.9 Å². The summed E-state index contributed by atoms with van der Waals surface area (Å²) in [7, 11) is 0. The van der Waals surface area contributed by atoms with Gasteiger partial charge in [0.15, 0.2) is 0 Å². The minimum atomic E-state index is 0.255. The fraction of sp³-hybridized carbons (Fsp3) is 0.440. The van der Waals surface area contributed by atoms with Crippen LogP contribution in [0.5, 0.6) is 0 Å². The van der Waals surface area contributed by atoms with Gasteiger partial charge in [-0.3, -0.25) is 4.90 Å². The molecule has 1 saturated carbocycles. The molecule has 0 amide bonds. The number of aliphatic hydroxyl groups is 1. The van der Waals surface area contributed by atoms with Crippen LogP contribution >= 0.6 is 0 Å². The summed E-state index contributed by atoms with van der Waals surface area (Å²) in [6.07, 6.45) is 6.58. The maximum Gasteiger partial charge on any atom is 0.0720 e. The number of aromatic nitrogens is 1. The molecule has 1 aliphatic heterocycles. The zero-order valence-electron chi connectivity index (χ0n) is 16.9. The first-order valence-electron chi connectivity index (χ1n) is 11.0. The van der Waals surface area contributed by atoms with Gasteiger partial charge in [-0.25, -0.2) is 0 Å². The Labute approximate surface area is 172 Å². The number of benzene rings is 2. The second-order valence-electron chi connectivity index (χ2n) is 8.61. The molecule has 0 radical (unpaired) electrons. The number of fused-ring (bicyclic) bond motifs is 1. The van der Waals surface area contributed by atoms with Crippen LogP contribution in [0.2, 0.25) is 0 Å². The van der Waals surface area contributed by atoms with Gasteiger partial charge >= 0.3 is 0 Å². The molecule has 4 heteroatoms. The molecule has 152 valence electrons. The van der Waals surface area contributed by atoms with E-state index in [4.69, 9.17) is 4.74 Å². The number of nitrogens with one attached hydrogen (secondary N) is 1. The Morgan fingerprint density at radius 2 is 1.86 bits per heavy atom. The van der Waals surface area contributed by atoms with Gasteiger partial charge in [-0.2, -0.15) is 0 Å². The highest BCUT2D eigenvalue weighted by Crippen LogP contribution is 2.28. The Morgan fingerprint density at radius 3 is 2.66 bits per heavy atom. The predicted molar refractivity (Wildman–Crippen MR) is 117 cm³/mol. The van der Waals surface area contributed by atoms with Gasteiger partial charge in [0.05, 0.1) is 19.3 Å². The molecule has 29 heavy (non-hydrogen) atoms. The summed E-state index contributed by atoms with van der Waals surface area (Å²) in [6, 6.07) is 17.9. The minimum Gasteiger partial charge on any atom is -0.395 e. The minimum absolute atomic E-state index is 0.255. The fourth-order valence-corrected chi connectivity index (χ4v) is 4.70. The SMILES string of the molecule is OCC1CCN1Cc1cc2cc(-c3cccc(COC4CCCC4)c3)ccc2[nH]1. The number of hydrogen-bond acceptors (Lipinski definition) is 3. The molecule has 5 rings (SSSR count). The molecule has 2 aliphatic rings. The van der Waals surface area contributed by atoms with Crippen LogP contribution in [0.25, 0.3) is 22.0 Å². The van der Waals surface area contributed by atoms with Crippen molar-refractivity contribution in [3.8, 4) is 11.1 Å². The first-order chi connectivity index (χ1) is 14.3. The van der Waals surface area contributed by atoms with Crippen LogP contribution in [-0.2, 0) is 17.9 Å². The van der Waals surface area contributed by atoms with Crippen molar-refractivity contribution in [3.05, 3.63) is 59.8 Å². The molecule has 1 aliphatic carbocycles. The van der Waals surface area contributed by atoms with Crippen molar-refractivity contribution in [3.63, 3.8) is 0 Å². The molecule has 2 heterocycles. The zero-order chi connectivity index (χ0) is 19.6. The van der Waals surface area contributed by atoms with E-state index in [0.29, 0.717) is 18.8 Å². The lowest BCUT2D eigenvalue weighted by Crippen LogP contribution is -2.49. The number of H-pyrrole nitrogens is 1. The molecule has 1 unspecified atom stereocenters. The fourth-order valence-electron chi connectivity index (χ4n) is 4.70. The van der Waals surface area contributed by atoms with Crippen molar-refractivity contribution in [1.29, 1.82) is 0 Å². The standard InChI is InChI=1S/C25H30N2O2/c28-16-23-10-11-27(23)15-22-14-21-13-20(8-9-25(21)26-22)19-5-3-4-18(12-19)17-29-24-6-1-2-7-24/h3-5,8-9,12-14,23-24,26,28H,1-2,6-7,10-11,15-17H2. The van der Waals surface area contributed by atoms with Crippen molar-refractivity contribution in [2.45, 2.75) is 57.4 Å². The monoisotopic (exact) mass is 390 g/mol. The maximum absolute atomic E-state index is 9.40. The number of likely N-dealkylation sites (tertiary alicyclic amines) is 1. The van der Waals surface area contributed by atoms with E-state index in [-0.39, 0.29) is 6.61 Å². The molecule has 0 bridgehead atoms. The number of aliphatic hydroxyl groups excluding tert-OH is 1. The van der Waals surface area contributed by atoms with Crippen LogP contribution in [0.3, 0.4) is 0 Å². The van der Waals surface area contributed by atoms with Crippen LogP contribution in [-0.4, -0.2) is 40.3 Å². The molecule has 2 fully saturated rings. The van der Waals surface area contributed by atoms with E-state index in [2.05, 4.69) is 58.4 Å². The Balaban J connectivity index is 1.31. The summed E-state index contributed by atoms with van der Waals surface area (Å²) in [6.45, 7) is 2.91. The quantitative estimate of drug-likeness (QED) is 0.606. The van der Waals surface area contributed by atoms with Gasteiger partial charge in [0, 0.05) is 35.7 Å². The molecule has 4 nitrogen and oxygen atoms in total. The molecule has 1 saturated heterocycles. The average Bonchev–Trinajstić information content (AvgIpc) is 3.39. The average molecular weight is 391 g/mol. The maximum atomic E-state index is 9.40. The third kappa shape index (κ3) is 4.11. The highest BCUT2D eigenvalue weighted by molar-refractivity contribution is 5.86. The lowest BCUT2D eigenvalue weighted by Gasteiger charge is -2.39. The second kappa shape index (κ2) is 8.31. The number of hydrogen-bond donors (Lipinski definition) is 2. The van der Waals surface area contributed by atoms with E-state index < -0.39 is 0 Å². The van der Waals surface area contributed by atoms with Crippen LogP contribution in [0.1, 0.15) is 43.4 Å². The smallest absolute Gasteiger partial charge is 0.0720 e. The number of ether oxygens (including phenoxy) is 1. The summed E-state index contributed by atoms with van der Waals surface area (Å²) in [5.41, 5.74) is 6.12. The highest BCUT2D eigenvalue weighted by atomic mass is 16.5. The van der Waals surface area contributed by atoms with Crippen LogP contribution < -0.4 is 0 Å². The van der Waals surface area contributed by atoms with Crippen molar-refractivity contribution in [2.75, 3.05) is 13.2 Å². The van der Waals surface area contributed by atoms with Gasteiger partial charge in [-0.15, -0.1) is 0 Å². The largest absolute Gasteiger partial charge is 0.395 e. The van der Waals surface area contributed by atoms with E-state index in [9.17, 15) is 5.11 Å². The van der Waals surface area contributed by atoms with E-state index >= 15 is 0 Å². The Hall–Kier alpha value is -2.14. The molecular formula is C25H30N2O2. The summed E-state index contributed by atoms with van der Waals surface area (Å²) in [5, 5.41) is 10.6. The van der Waals surface area contributed by atoms with E-state index in [1.165, 1.54) is 59.0 Å². The van der Waals surface area contributed by atoms with Crippen LogP contribution in [0.15, 0.2) is 48.5 Å². The topological polar surface area (TPSA) is 48.5 Å². The zero-order valence-corrected chi connectivity index (χ0v) is 16.9. The lowest BCUT2D eigenvalue weighted by atomic mass is 10.0. The van der Waals surface area contributed by atoms with Gasteiger partial charge < -0.3 is 14.8 Å². The molecule has 2 aromatic carbocycles. The summed E-state index contributed by atoms with van der Waals surface area (Å²) >= 11 is 0. The van der Waals surface area contributed by atoms with Crippen molar-refractivity contribution < 1.29 is 9.84 Å². The lowest BCUT2D eigenvalue weighted by molar-refractivity contribution is 0.0348. The van der Waals surface area contributed by atoms with Gasteiger partial charge in [0.25, 0.3) is 0 Å². The van der Waals surface area contributed by atoms with Gasteiger partial charge in [-0.05, 0) is 60.2 Å². The normalized spacial score (nSPS) is 20.4. The Morgan fingerprint density at radius 1 is 1.00 bits per heavy atom. The van der Waals surface area contributed by atoms with Crippen molar-refractivity contribution in [2.24, 2.45) is 0 Å². The van der Waals surface area contributed by atoms with Crippen LogP contribution in [0.4, 0.5) is 0 Å². The summed E-state index contributed by atoms with van der Waals surface area (Å²) in [4.78, 5) is 5.87.